The largest absolute Gasteiger partial charge is 0.353 e. The fourth-order valence-corrected chi connectivity index (χ4v) is 3.30. The van der Waals surface area contributed by atoms with E-state index in [-0.39, 0.29) is 18.5 Å². The number of hydrogen-bond acceptors (Lipinski definition) is 7. The predicted octanol–water partition coefficient (Wildman–Crippen LogP) is 1.22. The number of nitrogens with zero attached hydrogens (tertiary/aromatic N) is 7. The minimum absolute atomic E-state index is 0.0422. The fourth-order valence-electron chi connectivity index (χ4n) is 3.30. The summed E-state index contributed by atoms with van der Waals surface area (Å²) in [5, 5.41) is 23.5. The molecule has 1 unspecified atom stereocenters. The van der Waals surface area contributed by atoms with Crippen LogP contribution in [0.4, 0.5) is 5.82 Å². The molecule has 1 fully saturated rings. The van der Waals surface area contributed by atoms with Gasteiger partial charge in [0.2, 0.25) is 11.7 Å². The molecule has 0 saturated carbocycles. The van der Waals surface area contributed by atoms with Gasteiger partial charge in [0.25, 0.3) is 0 Å². The summed E-state index contributed by atoms with van der Waals surface area (Å²) >= 11 is 0. The van der Waals surface area contributed by atoms with Gasteiger partial charge in [-0.2, -0.15) is 9.90 Å². The lowest BCUT2D eigenvalue weighted by molar-refractivity contribution is -0.122. The van der Waals surface area contributed by atoms with E-state index in [2.05, 4.69) is 35.8 Å². The molecule has 0 radical (unpaired) electrons. The van der Waals surface area contributed by atoms with Crippen LogP contribution in [0.3, 0.4) is 0 Å². The first-order valence-corrected chi connectivity index (χ1v) is 9.34. The minimum atomic E-state index is -0.126. The number of rotatable bonds is 5. The van der Waals surface area contributed by atoms with Crippen LogP contribution in [0.5, 0.6) is 0 Å². The third-order valence-corrected chi connectivity index (χ3v) is 4.72. The normalized spacial score (nSPS) is 16.8. The Hall–Kier alpha value is -3.36. The first kappa shape index (κ1) is 18.0. The molecule has 1 aliphatic rings. The monoisotopic (exact) mass is 378 g/mol. The molecule has 1 aliphatic heterocycles. The van der Waals surface area contributed by atoms with Crippen LogP contribution in [0, 0.1) is 6.92 Å². The molecule has 0 spiro atoms. The van der Waals surface area contributed by atoms with Gasteiger partial charge in [-0.15, -0.1) is 15.3 Å². The third kappa shape index (κ3) is 4.30. The van der Waals surface area contributed by atoms with Gasteiger partial charge < -0.3 is 10.2 Å². The number of aryl methyl sites for hydroxylation is 1. The zero-order chi connectivity index (χ0) is 19.3. The topological polar surface area (TPSA) is 102 Å². The lowest BCUT2D eigenvalue weighted by Gasteiger charge is -2.33. The number of anilines is 1. The van der Waals surface area contributed by atoms with Crippen LogP contribution in [0.2, 0.25) is 0 Å². The number of carbonyl (C=O) groups excluding carboxylic acids is 1. The Kier molecular flexibility index (Phi) is 5.22. The SMILES string of the molecule is Cc1ccc(-c2nnn(CC(=O)NC3CCCN(c4cccnn4)C3)n2)cc1. The van der Waals surface area contributed by atoms with E-state index >= 15 is 0 Å². The highest BCUT2D eigenvalue weighted by molar-refractivity contribution is 5.76. The molecule has 9 heteroatoms. The van der Waals surface area contributed by atoms with Gasteiger partial charge in [0, 0.05) is 30.9 Å². The standard InChI is InChI=1S/C19H22N8O/c1-14-6-8-15(9-7-14)19-23-25-27(24-19)13-18(28)21-16-4-3-11-26(12-16)17-5-2-10-20-22-17/h2,5-10,16H,3-4,11-13H2,1H3,(H,21,28). The Bertz CT molecular complexity index is 925. The molecule has 1 saturated heterocycles. The molecule has 9 nitrogen and oxygen atoms in total. The van der Waals surface area contributed by atoms with Crippen LogP contribution in [-0.4, -0.2) is 55.4 Å². The van der Waals surface area contributed by atoms with Crippen molar-refractivity contribution in [3.05, 3.63) is 48.2 Å². The van der Waals surface area contributed by atoms with Crippen LogP contribution >= 0.6 is 0 Å². The summed E-state index contributed by atoms with van der Waals surface area (Å²) in [4.78, 5) is 15.9. The second-order valence-corrected chi connectivity index (χ2v) is 6.94. The molecule has 0 bridgehead atoms. The summed E-state index contributed by atoms with van der Waals surface area (Å²) in [6, 6.07) is 11.7. The number of benzene rings is 1. The average molecular weight is 378 g/mol. The molecular formula is C19H22N8O. The smallest absolute Gasteiger partial charge is 0.243 e. The van der Waals surface area contributed by atoms with Gasteiger partial charge >= 0.3 is 0 Å². The molecule has 28 heavy (non-hydrogen) atoms. The first-order chi connectivity index (χ1) is 13.7. The summed E-state index contributed by atoms with van der Waals surface area (Å²) < 4.78 is 0. The Morgan fingerprint density at radius 3 is 2.86 bits per heavy atom. The summed E-state index contributed by atoms with van der Waals surface area (Å²) in [6.45, 7) is 3.69. The quantitative estimate of drug-likeness (QED) is 0.712. The maximum Gasteiger partial charge on any atom is 0.243 e. The van der Waals surface area contributed by atoms with Crippen molar-refractivity contribution in [3.63, 3.8) is 0 Å². The van der Waals surface area contributed by atoms with Crippen LogP contribution in [0.15, 0.2) is 42.6 Å². The van der Waals surface area contributed by atoms with E-state index in [1.165, 1.54) is 10.4 Å². The zero-order valence-electron chi connectivity index (χ0n) is 15.7. The molecule has 0 aliphatic carbocycles. The fraction of sp³-hybridized carbons (Fsp3) is 0.368. The number of nitrogens with one attached hydrogen (secondary N) is 1. The van der Waals surface area contributed by atoms with Gasteiger partial charge in [-0.05, 0) is 37.1 Å². The van der Waals surface area contributed by atoms with Gasteiger partial charge in [0.05, 0.1) is 0 Å². The van der Waals surface area contributed by atoms with Crippen molar-refractivity contribution < 1.29 is 4.79 Å². The summed E-state index contributed by atoms with van der Waals surface area (Å²) in [7, 11) is 0. The van der Waals surface area contributed by atoms with E-state index in [1.54, 1.807) is 6.20 Å². The molecule has 1 atom stereocenters. The average Bonchev–Trinajstić information content (AvgIpc) is 3.17. The van der Waals surface area contributed by atoms with Crippen LogP contribution < -0.4 is 10.2 Å². The van der Waals surface area contributed by atoms with Crippen molar-refractivity contribution >= 4 is 11.7 Å². The molecule has 1 amide bonds. The summed E-state index contributed by atoms with van der Waals surface area (Å²) in [6.07, 6.45) is 3.57. The molecule has 2 aromatic heterocycles. The van der Waals surface area contributed by atoms with E-state index in [0.29, 0.717) is 12.4 Å². The highest BCUT2D eigenvalue weighted by Crippen LogP contribution is 2.17. The van der Waals surface area contributed by atoms with Crippen LogP contribution in [0.1, 0.15) is 18.4 Å². The Morgan fingerprint density at radius 1 is 1.21 bits per heavy atom. The summed E-state index contributed by atoms with van der Waals surface area (Å²) in [5.74, 6) is 1.22. The second kappa shape index (κ2) is 8.12. The number of tetrazole rings is 1. The van der Waals surface area contributed by atoms with E-state index < -0.39 is 0 Å². The first-order valence-electron chi connectivity index (χ1n) is 9.34. The molecule has 1 N–H and O–H groups in total. The predicted molar refractivity (Wildman–Crippen MR) is 103 cm³/mol. The van der Waals surface area contributed by atoms with E-state index in [9.17, 15) is 4.79 Å². The van der Waals surface area contributed by atoms with Gasteiger partial charge in [-0.3, -0.25) is 4.79 Å². The lowest BCUT2D eigenvalue weighted by Crippen LogP contribution is -2.48. The number of aromatic nitrogens is 6. The molecule has 3 aromatic rings. The lowest BCUT2D eigenvalue weighted by atomic mass is 10.1. The Morgan fingerprint density at radius 2 is 2.07 bits per heavy atom. The van der Waals surface area contributed by atoms with Crippen LogP contribution in [-0.2, 0) is 11.3 Å². The van der Waals surface area contributed by atoms with Crippen molar-refractivity contribution in [2.45, 2.75) is 32.4 Å². The third-order valence-electron chi connectivity index (χ3n) is 4.72. The maximum atomic E-state index is 12.4. The number of carbonyl (C=O) groups is 1. The number of hydrogen-bond donors (Lipinski definition) is 1. The highest BCUT2D eigenvalue weighted by Gasteiger charge is 2.23. The van der Waals surface area contributed by atoms with Gasteiger partial charge in [0.1, 0.15) is 6.54 Å². The molecule has 1 aromatic carbocycles. The minimum Gasteiger partial charge on any atom is -0.353 e. The van der Waals surface area contributed by atoms with Crippen molar-refractivity contribution in [3.8, 4) is 11.4 Å². The molecule has 3 heterocycles. The van der Waals surface area contributed by atoms with Gasteiger partial charge in [-0.25, -0.2) is 0 Å². The number of amides is 1. The van der Waals surface area contributed by atoms with Crippen molar-refractivity contribution in [2.75, 3.05) is 18.0 Å². The molecular weight excluding hydrogens is 356 g/mol. The van der Waals surface area contributed by atoms with Crippen LogP contribution in [0.25, 0.3) is 11.4 Å². The van der Waals surface area contributed by atoms with E-state index in [0.717, 1.165) is 30.8 Å². The highest BCUT2D eigenvalue weighted by atomic mass is 16.2. The zero-order valence-corrected chi connectivity index (χ0v) is 15.7. The van der Waals surface area contributed by atoms with Gasteiger partial charge in [0.15, 0.2) is 5.82 Å². The van der Waals surface area contributed by atoms with Crippen molar-refractivity contribution in [1.29, 1.82) is 0 Å². The molecule has 144 valence electrons. The Labute approximate surface area is 162 Å². The number of piperidine rings is 1. The van der Waals surface area contributed by atoms with E-state index in [1.807, 2.05) is 43.3 Å². The Balaban J connectivity index is 1.34. The summed E-state index contributed by atoms with van der Waals surface area (Å²) in [5.41, 5.74) is 2.04. The van der Waals surface area contributed by atoms with Gasteiger partial charge in [-0.1, -0.05) is 29.8 Å². The molecule has 4 rings (SSSR count). The van der Waals surface area contributed by atoms with Crippen molar-refractivity contribution in [1.82, 2.24) is 35.7 Å². The van der Waals surface area contributed by atoms with Crippen molar-refractivity contribution in [2.24, 2.45) is 0 Å². The second-order valence-electron chi connectivity index (χ2n) is 6.94. The maximum absolute atomic E-state index is 12.4. The van der Waals surface area contributed by atoms with E-state index in [4.69, 9.17) is 0 Å².